The molecule has 4 nitrogen and oxygen atoms in total. The number of nitrogens with two attached hydrogens (primary N) is 1. The Balaban J connectivity index is 1.48. The molecule has 2 heterocycles. The lowest BCUT2D eigenvalue weighted by Gasteiger charge is -2.41. The first-order chi connectivity index (χ1) is 10.2. The zero-order chi connectivity index (χ0) is 14.4. The number of hydrogen-bond donors (Lipinski definition) is 1. The molecule has 2 atom stereocenters. The van der Waals surface area contributed by atoms with Gasteiger partial charge in [-0.1, -0.05) is 0 Å². The van der Waals surface area contributed by atoms with E-state index in [9.17, 15) is 4.79 Å². The standard InChI is InChI=1S/C17H23N3O/c18-14-5-3-13(4-6-14)17(21)20-15-7-8-16(20)11-19(10-15)9-12-1-2-12/h3-6,12,15-16H,1-2,7-11,18H2. The Morgan fingerprint density at radius 3 is 2.24 bits per heavy atom. The van der Waals surface area contributed by atoms with Gasteiger partial charge in [-0.3, -0.25) is 9.69 Å². The van der Waals surface area contributed by atoms with E-state index in [1.165, 1.54) is 19.4 Å². The van der Waals surface area contributed by atoms with Crippen molar-refractivity contribution >= 4 is 11.6 Å². The molecule has 2 saturated heterocycles. The largest absolute Gasteiger partial charge is 0.399 e. The van der Waals surface area contributed by atoms with Gasteiger partial charge in [0.2, 0.25) is 0 Å². The third kappa shape index (κ3) is 2.53. The van der Waals surface area contributed by atoms with E-state index in [0.717, 1.165) is 37.4 Å². The average molecular weight is 285 g/mol. The highest BCUT2D eigenvalue weighted by Gasteiger charge is 2.43. The van der Waals surface area contributed by atoms with Gasteiger partial charge in [0.25, 0.3) is 5.91 Å². The molecule has 4 rings (SSSR count). The van der Waals surface area contributed by atoms with Crippen LogP contribution in [0.2, 0.25) is 0 Å². The topological polar surface area (TPSA) is 49.6 Å². The number of anilines is 1. The van der Waals surface area contributed by atoms with E-state index in [0.29, 0.717) is 17.8 Å². The minimum atomic E-state index is 0.188. The predicted octanol–water partition coefficient (Wildman–Crippen LogP) is 1.97. The molecule has 0 aromatic heterocycles. The molecule has 1 saturated carbocycles. The second-order valence-corrected chi connectivity index (χ2v) is 6.88. The summed E-state index contributed by atoms with van der Waals surface area (Å²) < 4.78 is 0. The highest BCUT2D eigenvalue weighted by molar-refractivity contribution is 5.95. The zero-order valence-corrected chi connectivity index (χ0v) is 12.4. The summed E-state index contributed by atoms with van der Waals surface area (Å²) in [6.45, 7) is 3.37. The van der Waals surface area contributed by atoms with Crippen LogP contribution in [0.15, 0.2) is 24.3 Å². The SMILES string of the molecule is Nc1ccc(C(=O)N2C3CCC2CN(CC2CC2)C3)cc1. The second-order valence-electron chi connectivity index (χ2n) is 6.88. The molecule has 4 heteroatoms. The number of rotatable bonds is 3. The lowest BCUT2D eigenvalue weighted by atomic mass is 10.1. The summed E-state index contributed by atoms with van der Waals surface area (Å²) in [4.78, 5) is 17.5. The van der Waals surface area contributed by atoms with Crippen LogP contribution >= 0.6 is 0 Å². The lowest BCUT2D eigenvalue weighted by Crippen LogP contribution is -2.56. The minimum absolute atomic E-state index is 0.188. The highest BCUT2D eigenvalue weighted by atomic mass is 16.2. The smallest absolute Gasteiger partial charge is 0.254 e. The van der Waals surface area contributed by atoms with Crippen molar-refractivity contribution < 1.29 is 4.79 Å². The molecule has 1 aliphatic carbocycles. The summed E-state index contributed by atoms with van der Waals surface area (Å²) in [5, 5.41) is 0. The summed E-state index contributed by atoms with van der Waals surface area (Å²) in [6.07, 6.45) is 5.12. The fourth-order valence-corrected chi connectivity index (χ4v) is 3.91. The number of nitrogen functional groups attached to an aromatic ring is 1. The molecule has 2 bridgehead atoms. The lowest BCUT2D eigenvalue weighted by molar-refractivity contribution is 0.0412. The summed E-state index contributed by atoms with van der Waals surface area (Å²) >= 11 is 0. The van der Waals surface area contributed by atoms with Crippen molar-refractivity contribution in [3.63, 3.8) is 0 Å². The Labute approximate surface area is 125 Å². The first kappa shape index (κ1) is 13.1. The van der Waals surface area contributed by atoms with Gasteiger partial charge in [-0.2, -0.15) is 0 Å². The number of likely N-dealkylation sites (tertiary alicyclic amines) is 1. The fraction of sp³-hybridized carbons (Fsp3) is 0.588. The number of nitrogens with zero attached hydrogens (tertiary/aromatic N) is 2. The molecule has 0 radical (unpaired) electrons. The van der Waals surface area contributed by atoms with Crippen LogP contribution in [0, 0.1) is 5.92 Å². The van der Waals surface area contributed by atoms with E-state index in [4.69, 9.17) is 5.73 Å². The average Bonchev–Trinajstić information content (AvgIpc) is 3.24. The monoisotopic (exact) mass is 285 g/mol. The maximum absolute atomic E-state index is 12.8. The number of hydrogen-bond acceptors (Lipinski definition) is 3. The van der Waals surface area contributed by atoms with Crippen molar-refractivity contribution in [2.24, 2.45) is 5.92 Å². The van der Waals surface area contributed by atoms with E-state index in [-0.39, 0.29) is 5.91 Å². The number of carbonyl (C=O) groups excluding carboxylic acids is 1. The summed E-state index contributed by atoms with van der Waals surface area (Å²) in [7, 11) is 0. The van der Waals surface area contributed by atoms with Crippen molar-refractivity contribution in [3.05, 3.63) is 29.8 Å². The van der Waals surface area contributed by atoms with Gasteiger partial charge in [0.05, 0.1) is 0 Å². The van der Waals surface area contributed by atoms with E-state index in [1.807, 2.05) is 24.3 Å². The van der Waals surface area contributed by atoms with Crippen molar-refractivity contribution in [1.82, 2.24) is 9.80 Å². The van der Waals surface area contributed by atoms with Crippen molar-refractivity contribution in [3.8, 4) is 0 Å². The van der Waals surface area contributed by atoms with Crippen LogP contribution < -0.4 is 5.73 Å². The zero-order valence-electron chi connectivity index (χ0n) is 12.4. The van der Waals surface area contributed by atoms with Gasteiger partial charge in [-0.05, 0) is 55.9 Å². The quantitative estimate of drug-likeness (QED) is 0.864. The second kappa shape index (κ2) is 5.02. The Bertz CT molecular complexity index is 523. The number of carbonyl (C=O) groups is 1. The van der Waals surface area contributed by atoms with E-state index in [2.05, 4.69) is 9.80 Å². The molecule has 0 spiro atoms. The Kier molecular flexibility index (Phi) is 3.14. The van der Waals surface area contributed by atoms with Gasteiger partial charge in [-0.15, -0.1) is 0 Å². The Morgan fingerprint density at radius 1 is 1.05 bits per heavy atom. The number of amides is 1. The number of fused-ring (bicyclic) bond motifs is 2. The van der Waals surface area contributed by atoms with Crippen LogP contribution in [0.5, 0.6) is 0 Å². The van der Waals surface area contributed by atoms with Gasteiger partial charge in [0.15, 0.2) is 0 Å². The maximum Gasteiger partial charge on any atom is 0.254 e. The molecule has 3 fully saturated rings. The third-order valence-electron chi connectivity index (χ3n) is 5.16. The molecule has 2 N–H and O–H groups in total. The normalized spacial score (nSPS) is 28.9. The molecule has 1 aromatic carbocycles. The molecular formula is C17H23N3O. The molecule has 112 valence electrons. The molecule has 1 aromatic rings. The van der Waals surface area contributed by atoms with Gasteiger partial charge in [0, 0.05) is 43.0 Å². The van der Waals surface area contributed by atoms with Crippen LogP contribution in [0.4, 0.5) is 5.69 Å². The molecular weight excluding hydrogens is 262 g/mol. The van der Waals surface area contributed by atoms with Gasteiger partial charge >= 0.3 is 0 Å². The fourth-order valence-electron chi connectivity index (χ4n) is 3.91. The molecule has 21 heavy (non-hydrogen) atoms. The van der Waals surface area contributed by atoms with Crippen LogP contribution in [0.1, 0.15) is 36.0 Å². The van der Waals surface area contributed by atoms with Crippen LogP contribution in [0.25, 0.3) is 0 Å². The van der Waals surface area contributed by atoms with Gasteiger partial charge < -0.3 is 10.6 Å². The summed E-state index contributed by atoms with van der Waals surface area (Å²) in [5.41, 5.74) is 7.20. The van der Waals surface area contributed by atoms with Crippen molar-refractivity contribution in [2.75, 3.05) is 25.4 Å². The molecule has 3 aliphatic rings. The highest BCUT2D eigenvalue weighted by Crippen LogP contribution is 2.35. The predicted molar refractivity (Wildman–Crippen MR) is 83.0 cm³/mol. The van der Waals surface area contributed by atoms with E-state index >= 15 is 0 Å². The van der Waals surface area contributed by atoms with Crippen LogP contribution in [-0.2, 0) is 0 Å². The maximum atomic E-state index is 12.8. The van der Waals surface area contributed by atoms with E-state index < -0.39 is 0 Å². The molecule has 2 aliphatic heterocycles. The Hall–Kier alpha value is -1.55. The van der Waals surface area contributed by atoms with Gasteiger partial charge in [0.1, 0.15) is 0 Å². The van der Waals surface area contributed by atoms with Crippen molar-refractivity contribution in [2.45, 2.75) is 37.8 Å². The number of piperazine rings is 1. The molecule has 1 amide bonds. The first-order valence-corrected chi connectivity index (χ1v) is 8.11. The number of benzene rings is 1. The Morgan fingerprint density at radius 2 is 1.67 bits per heavy atom. The third-order valence-corrected chi connectivity index (χ3v) is 5.16. The van der Waals surface area contributed by atoms with E-state index in [1.54, 1.807) is 0 Å². The van der Waals surface area contributed by atoms with Crippen LogP contribution in [0.3, 0.4) is 0 Å². The first-order valence-electron chi connectivity index (χ1n) is 8.11. The minimum Gasteiger partial charge on any atom is -0.399 e. The summed E-state index contributed by atoms with van der Waals surface area (Å²) in [6, 6.07) is 8.17. The summed E-state index contributed by atoms with van der Waals surface area (Å²) in [5.74, 6) is 1.12. The van der Waals surface area contributed by atoms with Crippen molar-refractivity contribution in [1.29, 1.82) is 0 Å². The molecule has 2 unspecified atom stereocenters. The van der Waals surface area contributed by atoms with Gasteiger partial charge in [-0.25, -0.2) is 0 Å². The van der Waals surface area contributed by atoms with Crippen LogP contribution in [-0.4, -0.2) is 47.4 Å².